The molecule has 30 heavy (non-hydrogen) atoms. The van der Waals surface area contributed by atoms with Gasteiger partial charge in [-0.2, -0.15) is 0 Å². The summed E-state index contributed by atoms with van der Waals surface area (Å²) in [6.45, 7) is 2.11. The molecule has 3 aromatic rings. The normalized spacial score (nSPS) is 12.4. The number of hydrogen-bond acceptors (Lipinski definition) is 5. The van der Waals surface area contributed by atoms with Crippen molar-refractivity contribution in [3.63, 3.8) is 0 Å². The minimum absolute atomic E-state index is 0.0183. The van der Waals surface area contributed by atoms with Crippen LogP contribution in [0.2, 0.25) is 0 Å². The molecule has 4 rings (SSSR count). The van der Waals surface area contributed by atoms with E-state index in [1.54, 1.807) is 67.6 Å². The van der Waals surface area contributed by atoms with Gasteiger partial charge in [-0.1, -0.05) is 30.3 Å². The van der Waals surface area contributed by atoms with Crippen LogP contribution in [0.3, 0.4) is 0 Å². The molecule has 1 aliphatic rings. The van der Waals surface area contributed by atoms with Crippen molar-refractivity contribution >= 4 is 27.3 Å². The van der Waals surface area contributed by atoms with Gasteiger partial charge >= 0.3 is 0 Å². The van der Waals surface area contributed by atoms with E-state index in [2.05, 4.69) is 5.32 Å². The van der Waals surface area contributed by atoms with Gasteiger partial charge in [0.25, 0.3) is 15.9 Å². The molecule has 0 bridgehead atoms. The summed E-state index contributed by atoms with van der Waals surface area (Å²) in [4.78, 5) is 12.8. The van der Waals surface area contributed by atoms with Crippen LogP contribution in [0.1, 0.15) is 17.3 Å². The van der Waals surface area contributed by atoms with E-state index >= 15 is 0 Å². The average Bonchev–Trinajstić information content (AvgIpc) is 3.23. The van der Waals surface area contributed by atoms with Gasteiger partial charge in [-0.3, -0.25) is 9.10 Å². The van der Waals surface area contributed by atoms with E-state index in [0.29, 0.717) is 22.7 Å². The predicted molar refractivity (Wildman–Crippen MR) is 114 cm³/mol. The van der Waals surface area contributed by atoms with Crippen LogP contribution in [-0.2, 0) is 10.0 Å². The van der Waals surface area contributed by atoms with Crippen LogP contribution in [0.4, 0.5) is 11.4 Å². The molecular weight excluding hydrogens is 404 g/mol. The highest BCUT2D eigenvalue weighted by atomic mass is 32.2. The maximum Gasteiger partial charge on any atom is 0.266 e. The van der Waals surface area contributed by atoms with Crippen molar-refractivity contribution in [1.82, 2.24) is 0 Å². The molecule has 1 aliphatic heterocycles. The summed E-state index contributed by atoms with van der Waals surface area (Å²) in [5, 5.41) is 2.71. The third kappa shape index (κ3) is 3.69. The molecule has 0 saturated heterocycles. The number of carbonyl (C=O) groups is 1. The number of ether oxygens (including phenoxy) is 2. The number of sulfonamides is 1. The summed E-state index contributed by atoms with van der Waals surface area (Å²) >= 11 is 0. The molecule has 0 saturated carbocycles. The standard InChI is InChI=1S/C22H20N2O5S/c1-2-24(17-8-4-3-5-9-17)30(26,27)21-11-7-6-10-18(21)23-22(25)16-12-13-19-20(14-16)29-15-28-19/h3-14H,2,15H2,1H3,(H,23,25). The number of rotatable bonds is 6. The Morgan fingerprint density at radius 1 is 0.967 bits per heavy atom. The molecule has 0 unspecified atom stereocenters. The lowest BCUT2D eigenvalue weighted by Crippen LogP contribution is -2.31. The van der Waals surface area contributed by atoms with Gasteiger partial charge in [-0.15, -0.1) is 0 Å². The van der Waals surface area contributed by atoms with Crippen LogP contribution in [0, 0.1) is 0 Å². The quantitative estimate of drug-likeness (QED) is 0.649. The molecule has 0 atom stereocenters. The SMILES string of the molecule is CCN(c1ccccc1)S(=O)(=O)c1ccccc1NC(=O)c1ccc2c(c1)OCO2. The molecule has 0 aromatic heterocycles. The predicted octanol–water partition coefficient (Wildman–Crippen LogP) is 3.88. The largest absolute Gasteiger partial charge is 0.454 e. The monoisotopic (exact) mass is 424 g/mol. The second-order valence-electron chi connectivity index (χ2n) is 6.52. The van der Waals surface area contributed by atoms with Gasteiger partial charge in [0.15, 0.2) is 11.5 Å². The topological polar surface area (TPSA) is 84.9 Å². The molecule has 0 fully saturated rings. The molecule has 0 spiro atoms. The highest BCUT2D eigenvalue weighted by Crippen LogP contribution is 2.33. The fraction of sp³-hybridized carbons (Fsp3) is 0.136. The molecule has 1 heterocycles. The molecule has 3 aromatic carbocycles. The number of benzene rings is 3. The number of hydrogen-bond donors (Lipinski definition) is 1. The Bertz CT molecular complexity index is 1180. The maximum atomic E-state index is 13.4. The summed E-state index contributed by atoms with van der Waals surface area (Å²) < 4.78 is 38.7. The first-order valence-corrected chi connectivity index (χ1v) is 10.8. The summed E-state index contributed by atoms with van der Waals surface area (Å²) in [6.07, 6.45) is 0. The van der Waals surface area contributed by atoms with E-state index in [9.17, 15) is 13.2 Å². The van der Waals surface area contributed by atoms with E-state index in [1.807, 2.05) is 6.07 Å². The van der Waals surface area contributed by atoms with Gasteiger partial charge in [-0.05, 0) is 49.4 Å². The summed E-state index contributed by atoms with van der Waals surface area (Å²) in [6, 6.07) is 20.0. The Balaban J connectivity index is 1.66. The first kappa shape index (κ1) is 19.8. The van der Waals surface area contributed by atoms with Gasteiger partial charge in [0.05, 0.1) is 11.4 Å². The first-order valence-electron chi connectivity index (χ1n) is 9.38. The van der Waals surface area contributed by atoms with Crippen molar-refractivity contribution < 1.29 is 22.7 Å². The Kier molecular flexibility index (Phi) is 5.33. The van der Waals surface area contributed by atoms with Gasteiger partial charge in [-0.25, -0.2) is 8.42 Å². The fourth-order valence-corrected chi connectivity index (χ4v) is 4.86. The second kappa shape index (κ2) is 8.08. The number of amides is 1. The zero-order chi connectivity index (χ0) is 21.1. The molecule has 7 nitrogen and oxygen atoms in total. The number of fused-ring (bicyclic) bond motifs is 1. The van der Waals surface area contributed by atoms with Crippen LogP contribution in [0.15, 0.2) is 77.7 Å². The van der Waals surface area contributed by atoms with Crippen LogP contribution in [-0.4, -0.2) is 27.7 Å². The fourth-order valence-electron chi connectivity index (χ4n) is 3.23. The molecule has 0 aliphatic carbocycles. The first-order chi connectivity index (χ1) is 14.5. The van der Waals surface area contributed by atoms with Crippen LogP contribution in [0.25, 0.3) is 0 Å². The van der Waals surface area contributed by atoms with Crippen LogP contribution < -0.4 is 19.1 Å². The lowest BCUT2D eigenvalue weighted by molar-refractivity contribution is 0.102. The Hall–Kier alpha value is -3.52. The lowest BCUT2D eigenvalue weighted by atomic mass is 10.2. The molecule has 1 amide bonds. The van der Waals surface area contributed by atoms with Gasteiger partial charge in [0, 0.05) is 12.1 Å². The average molecular weight is 424 g/mol. The lowest BCUT2D eigenvalue weighted by Gasteiger charge is -2.24. The summed E-state index contributed by atoms with van der Waals surface area (Å²) in [5.74, 6) is 0.597. The van der Waals surface area contributed by atoms with Crippen LogP contribution in [0.5, 0.6) is 11.5 Å². The third-order valence-electron chi connectivity index (χ3n) is 4.67. The Morgan fingerprint density at radius 3 is 2.43 bits per heavy atom. The zero-order valence-electron chi connectivity index (χ0n) is 16.2. The maximum absolute atomic E-state index is 13.4. The number of carbonyl (C=O) groups excluding carboxylic acids is 1. The van der Waals surface area contributed by atoms with Crippen molar-refractivity contribution in [2.24, 2.45) is 0 Å². The van der Waals surface area contributed by atoms with Crippen molar-refractivity contribution in [3.8, 4) is 11.5 Å². The molecule has 154 valence electrons. The minimum atomic E-state index is -3.90. The van der Waals surface area contributed by atoms with Crippen molar-refractivity contribution in [3.05, 3.63) is 78.4 Å². The smallest absolute Gasteiger partial charge is 0.266 e. The summed E-state index contributed by atoms with van der Waals surface area (Å²) in [7, 11) is -3.90. The van der Waals surface area contributed by atoms with E-state index in [1.165, 1.54) is 10.4 Å². The molecule has 1 N–H and O–H groups in total. The Morgan fingerprint density at radius 2 is 1.67 bits per heavy atom. The van der Waals surface area contributed by atoms with Gasteiger partial charge in [0.2, 0.25) is 6.79 Å². The van der Waals surface area contributed by atoms with E-state index in [0.717, 1.165) is 0 Å². The highest BCUT2D eigenvalue weighted by Gasteiger charge is 2.27. The number of anilines is 2. The van der Waals surface area contributed by atoms with Crippen LogP contribution >= 0.6 is 0 Å². The highest BCUT2D eigenvalue weighted by molar-refractivity contribution is 7.93. The minimum Gasteiger partial charge on any atom is -0.454 e. The van der Waals surface area contributed by atoms with Crippen molar-refractivity contribution in [1.29, 1.82) is 0 Å². The van der Waals surface area contributed by atoms with Gasteiger partial charge < -0.3 is 14.8 Å². The molecule has 8 heteroatoms. The number of nitrogens with one attached hydrogen (secondary N) is 1. The van der Waals surface area contributed by atoms with E-state index in [4.69, 9.17) is 9.47 Å². The van der Waals surface area contributed by atoms with Crippen molar-refractivity contribution in [2.75, 3.05) is 23.0 Å². The molecule has 0 radical (unpaired) electrons. The van der Waals surface area contributed by atoms with Crippen molar-refractivity contribution in [2.45, 2.75) is 11.8 Å². The summed E-state index contributed by atoms with van der Waals surface area (Å²) in [5.41, 5.74) is 1.09. The van der Waals surface area contributed by atoms with Gasteiger partial charge in [0.1, 0.15) is 4.90 Å². The Labute approximate surface area is 174 Å². The molecular formula is C22H20N2O5S. The third-order valence-corrected chi connectivity index (χ3v) is 6.63. The number of nitrogens with zero attached hydrogens (tertiary/aromatic N) is 1. The van der Waals surface area contributed by atoms with E-state index in [-0.39, 0.29) is 23.9 Å². The van der Waals surface area contributed by atoms with E-state index < -0.39 is 15.9 Å². The zero-order valence-corrected chi connectivity index (χ0v) is 17.1. The number of para-hydroxylation sites is 2. The second-order valence-corrected chi connectivity index (χ2v) is 8.35.